The van der Waals surface area contributed by atoms with Gasteiger partial charge in [-0.3, -0.25) is 14.2 Å². The Balaban J connectivity index is 1.41. The van der Waals surface area contributed by atoms with E-state index in [0.717, 1.165) is 31.6 Å². The van der Waals surface area contributed by atoms with Gasteiger partial charge in [-0.2, -0.15) is 0 Å². The fourth-order valence-corrected chi connectivity index (χ4v) is 5.24. The Kier molecular flexibility index (Phi) is 8.35. The molecule has 1 atom stereocenters. The Morgan fingerprint density at radius 3 is 2.53 bits per heavy atom. The number of hydrogen-bond donors (Lipinski definition) is 0. The van der Waals surface area contributed by atoms with Crippen LogP contribution in [0.2, 0.25) is 0 Å². The third-order valence-corrected chi connectivity index (χ3v) is 7.24. The molecule has 0 spiro atoms. The van der Waals surface area contributed by atoms with E-state index < -0.39 is 12.1 Å². The van der Waals surface area contributed by atoms with Crippen molar-refractivity contribution in [1.82, 2.24) is 4.57 Å². The molecule has 3 aromatic carbocycles. The second kappa shape index (κ2) is 11.6. The van der Waals surface area contributed by atoms with Crippen LogP contribution in [0.4, 0.5) is 0 Å². The first-order chi connectivity index (χ1) is 17.4. The van der Waals surface area contributed by atoms with E-state index in [1.165, 1.54) is 0 Å². The second-order valence-electron chi connectivity index (χ2n) is 7.97. The van der Waals surface area contributed by atoms with Gasteiger partial charge in [0.05, 0.1) is 22.7 Å². The zero-order valence-electron chi connectivity index (χ0n) is 19.4. The van der Waals surface area contributed by atoms with Crippen LogP contribution >= 0.6 is 27.3 Å². The number of ether oxygens (including phenoxy) is 2. The lowest BCUT2D eigenvalue weighted by atomic mass is 10.0. The molecule has 36 heavy (non-hydrogen) atoms. The number of carboxylic acids is 1. The second-order valence-corrected chi connectivity index (χ2v) is 9.82. The van der Waals surface area contributed by atoms with Crippen molar-refractivity contribution in [3.05, 3.63) is 97.6 Å². The molecule has 4 aromatic rings. The highest BCUT2D eigenvalue weighted by atomic mass is 79.9. The molecule has 0 amide bonds. The Bertz CT molecular complexity index is 1440. The van der Waals surface area contributed by atoms with Crippen molar-refractivity contribution in [1.29, 1.82) is 0 Å². The highest BCUT2D eigenvalue weighted by molar-refractivity contribution is 9.10. The lowest BCUT2D eigenvalue weighted by Gasteiger charge is -2.18. The maximum Gasteiger partial charge on any atom is 0.308 e. The van der Waals surface area contributed by atoms with Crippen LogP contribution in [0, 0.1) is 0 Å². The number of hydrogen-bond acceptors (Lipinski definition) is 7. The molecular formula is C27H23BrNO6S-. The molecule has 0 saturated heterocycles. The summed E-state index contributed by atoms with van der Waals surface area (Å²) in [6.45, 7) is 2.63. The number of thiazole rings is 1. The summed E-state index contributed by atoms with van der Waals surface area (Å²) in [6, 6.07) is 19.6. The van der Waals surface area contributed by atoms with Gasteiger partial charge in [0.1, 0.15) is 18.5 Å². The van der Waals surface area contributed by atoms with Crippen molar-refractivity contribution in [2.24, 2.45) is 0 Å². The smallest absolute Gasteiger partial charge is 0.308 e. The molecule has 1 aromatic heterocycles. The Morgan fingerprint density at radius 1 is 1.08 bits per heavy atom. The molecule has 0 N–H and O–H groups in total. The minimum Gasteiger partial charge on any atom is -0.547 e. The van der Waals surface area contributed by atoms with E-state index in [-0.39, 0.29) is 23.7 Å². The summed E-state index contributed by atoms with van der Waals surface area (Å²) in [4.78, 5) is 36.6. The zero-order valence-corrected chi connectivity index (χ0v) is 21.8. The monoisotopic (exact) mass is 568 g/mol. The number of carbonyl (C=O) groups excluding carboxylic acids is 2. The van der Waals surface area contributed by atoms with Crippen molar-refractivity contribution in [2.75, 3.05) is 13.2 Å². The number of halogens is 1. The highest BCUT2D eigenvalue weighted by Gasteiger charge is 2.15. The maximum atomic E-state index is 12.9. The van der Waals surface area contributed by atoms with Gasteiger partial charge in [0.15, 0.2) is 5.78 Å². The minimum atomic E-state index is -1.24. The Labute approximate surface area is 220 Å². The topological polar surface area (TPSA) is 97.7 Å². The zero-order chi connectivity index (χ0) is 25.7. The molecule has 0 saturated carbocycles. The van der Waals surface area contributed by atoms with E-state index in [4.69, 9.17) is 9.47 Å². The van der Waals surface area contributed by atoms with Crippen LogP contribution in [-0.2, 0) is 22.5 Å². The third kappa shape index (κ3) is 5.92. The van der Waals surface area contributed by atoms with Gasteiger partial charge in [-0.15, -0.1) is 0 Å². The van der Waals surface area contributed by atoms with Gasteiger partial charge < -0.3 is 19.4 Å². The molecule has 0 aliphatic carbocycles. The van der Waals surface area contributed by atoms with Crippen molar-refractivity contribution < 1.29 is 24.2 Å². The van der Waals surface area contributed by atoms with Gasteiger partial charge in [-0.1, -0.05) is 51.5 Å². The average molecular weight is 569 g/mol. The van der Waals surface area contributed by atoms with Gasteiger partial charge in [-0.25, -0.2) is 0 Å². The third-order valence-electron chi connectivity index (χ3n) is 5.61. The lowest BCUT2D eigenvalue weighted by Crippen LogP contribution is -2.39. The van der Waals surface area contributed by atoms with Crippen molar-refractivity contribution >= 4 is 49.2 Å². The standard InChI is InChI=1S/C27H24BrNO6S/c1-2-34-23(26(31)32)15-17-7-10-19(11-8-17)35-14-13-29-22-12-9-18(16-24(22)36-27(29)33)25(30)20-5-3-4-6-21(20)28/h3-12,16,23H,2,13-15H2,1H3,(H,31,32)/p-1. The lowest BCUT2D eigenvalue weighted by molar-refractivity contribution is -0.316. The van der Waals surface area contributed by atoms with E-state index >= 15 is 0 Å². The van der Waals surface area contributed by atoms with Gasteiger partial charge in [0, 0.05) is 28.6 Å². The van der Waals surface area contributed by atoms with Crippen LogP contribution in [0.1, 0.15) is 28.4 Å². The molecule has 0 fully saturated rings. The van der Waals surface area contributed by atoms with E-state index in [1.807, 2.05) is 18.2 Å². The van der Waals surface area contributed by atoms with Crippen molar-refractivity contribution in [3.8, 4) is 5.75 Å². The number of nitrogens with zero attached hydrogens (tertiary/aromatic N) is 1. The van der Waals surface area contributed by atoms with Gasteiger partial charge in [-0.05, 0) is 55.0 Å². The van der Waals surface area contributed by atoms with E-state index in [0.29, 0.717) is 30.0 Å². The first-order valence-corrected chi connectivity index (χ1v) is 12.9. The molecule has 1 unspecified atom stereocenters. The summed E-state index contributed by atoms with van der Waals surface area (Å²) >= 11 is 4.51. The van der Waals surface area contributed by atoms with E-state index in [2.05, 4.69) is 15.9 Å². The molecule has 0 aliphatic heterocycles. The van der Waals surface area contributed by atoms with Crippen LogP contribution < -0.4 is 14.7 Å². The Hall–Kier alpha value is -3.27. The minimum absolute atomic E-state index is 0.115. The normalized spacial score (nSPS) is 11.9. The number of ketones is 1. The van der Waals surface area contributed by atoms with Crippen LogP contribution in [0.15, 0.2) is 76.0 Å². The van der Waals surface area contributed by atoms with Crippen LogP contribution in [-0.4, -0.2) is 35.6 Å². The molecule has 0 bridgehead atoms. The largest absolute Gasteiger partial charge is 0.547 e. The first-order valence-electron chi connectivity index (χ1n) is 11.3. The molecule has 9 heteroatoms. The summed E-state index contributed by atoms with van der Waals surface area (Å²) in [5.74, 6) is -0.750. The maximum absolute atomic E-state index is 12.9. The number of fused-ring (bicyclic) bond motifs is 1. The predicted molar refractivity (Wildman–Crippen MR) is 140 cm³/mol. The number of aliphatic carboxylic acids is 1. The number of carboxylic acid groups (broad SMARTS) is 1. The fraction of sp³-hybridized carbons (Fsp3) is 0.222. The molecule has 0 aliphatic rings. The number of aromatic nitrogens is 1. The number of carbonyl (C=O) groups is 2. The summed E-state index contributed by atoms with van der Waals surface area (Å²) in [6.07, 6.45) is -0.788. The Morgan fingerprint density at radius 2 is 1.83 bits per heavy atom. The van der Waals surface area contributed by atoms with E-state index in [1.54, 1.807) is 60.0 Å². The number of benzene rings is 3. The molecule has 186 valence electrons. The fourth-order valence-electron chi connectivity index (χ4n) is 3.82. The molecule has 4 rings (SSSR count). The summed E-state index contributed by atoms with van der Waals surface area (Å²) in [7, 11) is 0. The van der Waals surface area contributed by atoms with E-state index in [9.17, 15) is 19.5 Å². The van der Waals surface area contributed by atoms with Crippen LogP contribution in [0.3, 0.4) is 0 Å². The van der Waals surface area contributed by atoms with Crippen molar-refractivity contribution in [2.45, 2.75) is 26.0 Å². The summed E-state index contributed by atoms with van der Waals surface area (Å²) in [5.41, 5.74) is 2.62. The van der Waals surface area contributed by atoms with Crippen LogP contribution in [0.5, 0.6) is 5.75 Å². The number of rotatable bonds is 11. The first kappa shape index (κ1) is 25.8. The molecule has 1 heterocycles. The van der Waals surface area contributed by atoms with Gasteiger partial charge in [0.2, 0.25) is 0 Å². The summed E-state index contributed by atoms with van der Waals surface area (Å²) in [5, 5.41) is 11.2. The van der Waals surface area contributed by atoms with Crippen molar-refractivity contribution in [3.63, 3.8) is 0 Å². The SMILES string of the molecule is CCOC(Cc1ccc(OCCn2c(=O)sc3cc(C(=O)c4ccccc4Br)ccc32)cc1)C(=O)[O-]. The van der Waals surface area contributed by atoms with Crippen LogP contribution in [0.25, 0.3) is 10.2 Å². The summed E-state index contributed by atoms with van der Waals surface area (Å²) < 4.78 is 14.1. The molecule has 0 radical (unpaired) electrons. The predicted octanol–water partition coefficient (Wildman–Crippen LogP) is 3.83. The quantitative estimate of drug-likeness (QED) is 0.255. The molecular weight excluding hydrogens is 546 g/mol. The average Bonchev–Trinajstić information content (AvgIpc) is 3.18. The highest BCUT2D eigenvalue weighted by Crippen LogP contribution is 2.24. The van der Waals surface area contributed by atoms with Gasteiger partial charge >= 0.3 is 4.87 Å². The molecule has 7 nitrogen and oxygen atoms in total. The van der Waals surface area contributed by atoms with Gasteiger partial charge in [0.25, 0.3) is 0 Å².